The fourth-order valence-electron chi connectivity index (χ4n) is 4.72. The molecule has 0 spiro atoms. The Labute approximate surface area is 273 Å². The molecule has 45 heavy (non-hydrogen) atoms. The second kappa shape index (κ2) is 15.4. The van der Waals surface area contributed by atoms with E-state index in [4.69, 9.17) is 23.2 Å². The Kier molecular flexibility index (Phi) is 11.6. The number of rotatable bonds is 13. The minimum Gasteiger partial charge on any atom is -0.352 e. The van der Waals surface area contributed by atoms with Gasteiger partial charge in [0.25, 0.3) is 10.0 Å². The SMILES string of the molecule is CC[C@@H](C)NC(=O)[C@@H](Cc1ccccc1)N(Cc1ccccc1F)C(=O)CN(c1cc(Cl)ccc1Cl)S(=O)(=O)c1ccccc1. The highest BCUT2D eigenvalue weighted by molar-refractivity contribution is 7.92. The van der Waals surface area contributed by atoms with Gasteiger partial charge in [0.15, 0.2) is 0 Å². The molecule has 4 aromatic rings. The lowest BCUT2D eigenvalue weighted by molar-refractivity contribution is -0.140. The summed E-state index contributed by atoms with van der Waals surface area (Å²) in [5.74, 6) is -1.76. The first kappa shape index (κ1) is 34.0. The lowest BCUT2D eigenvalue weighted by atomic mass is 10.0. The topological polar surface area (TPSA) is 86.8 Å². The number of anilines is 1. The van der Waals surface area contributed by atoms with E-state index in [0.29, 0.717) is 6.42 Å². The molecule has 0 fully saturated rings. The molecule has 0 bridgehead atoms. The molecule has 0 aliphatic heterocycles. The molecule has 236 valence electrons. The maximum Gasteiger partial charge on any atom is 0.264 e. The van der Waals surface area contributed by atoms with Crippen LogP contribution in [0.4, 0.5) is 10.1 Å². The third-order valence-corrected chi connectivity index (χ3v) is 9.69. The van der Waals surface area contributed by atoms with E-state index in [1.54, 1.807) is 24.3 Å². The summed E-state index contributed by atoms with van der Waals surface area (Å²) < 4.78 is 44.0. The molecule has 0 aliphatic rings. The van der Waals surface area contributed by atoms with Crippen molar-refractivity contribution in [2.24, 2.45) is 0 Å². The third-order valence-electron chi connectivity index (χ3n) is 7.36. The number of halogens is 3. The highest BCUT2D eigenvalue weighted by atomic mass is 35.5. The van der Waals surface area contributed by atoms with Crippen molar-refractivity contribution in [3.63, 3.8) is 0 Å². The number of carbonyl (C=O) groups is 2. The monoisotopic (exact) mass is 669 g/mol. The van der Waals surface area contributed by atoms with Gasteiger partial charge in [-0.3, -0.25) is 13.9 Å². The van der Waals surface area contributed by atoms with Crippen molar-refractivity contribution in [2.45, 2.75) is 50.2 Å². The molecule has 4 rings (SSSR count). The molecule has 11 heteroatoms. The first-order chi connectivity index (χ1) is 21.5. The van der Waals surface area contributed by atoms with Crippen LogP contribution in [0.1, 0.15) is 31.4 Å². The lowest BCUT2D eigenvalue weighted by Gasteiger charge is -2.34. The minimum absolute atomic E-state index is 0.0177. The van der Waals surface area contributed by atoms with Crippen molar-refractivity contribution in [3.8, 4) is 0 Å². The van der Waals surface area contributed by atoms with Crippen molar-refractivity contribution in [1.82, 2.24) is 10.2 Å². The summed E-state index contributed by atoms with van der Waals surface area (Å²) in [5, 5.41) is 3.19. The Morgan fingerprint density at radius 3 is 2.16 bits per heavy atom. The Balaban J connectivity index is 1.84. The van der Waals surface area contributed by atoms with Gasteiger partial charge in [0, 0.05) is 29.6 Å². The summed E-state index contributed by atoms with van der Waals surface area (Å²) in [6, 6.07) is 25.6. The molecule has 1 N–H and O–H groups in total. The molecule has 0 saturated heterocycles. The zero-order chi connectivity index (χ0) is 32.6. The van der Waals surface area contributed by atoms with Crippen molar-refractivity contribution in [3.05, 3.63) is 130 Å². The number of carbonyl (C=O) groups excluding carboxylic acids is 2. The van der Waals surface area contributed by atoms with Crippen LogP contribution >= 0.6 is 23.2 Å². The highest BCUT2D eigenvalue weighted by Gasteiger charge is 2.36. The zero-order valence-electron chi connectivity index (χ0n) is 24.9. The summed E-state index contributed by atoms with van der Waals surface area (Å²) in [4.78, 5) is 29.4. The molecule has 2 atom stereocenters. The van der Waals surface area contributed by atoms with Crippen LogP contribution in [0.3, 0.4) is 0 Å². The van der Waals surface area contributed by atoms with Crippen molar-refractivity contribution in [2.75, 3.05) is 10.8 Å². The molecule has 4 aromatic carbocycles. The lowest BCUT2D eigenvalue weighted by Crippen LogP contribution is -2.54. The summed E-state index contributed by atoms with van der Waals surface area (Å²) in [6.07, 6.45) is 0.744. The Morgan fingerprint density at radius 1 is 0.889 bits per heavy atom. The van der Waals surface area contributed by atoms with Gasteiger partial charge in [0.2, 0.25) is 11.8 Å². The zero-order valence-corrected chi connectivity index (χ0v) is 27.2. The van der Waals surface area contributed by atoms with Crippen molar-refractivity contribution < 1.29 is 22.4 Å². The molecule has 0 heterocycles. The van der Waals surface area contributed by atoms with Crippen LogP contribution in [0.15, 0.2) is 108 Å². The first-order valence-corrected chi connectivity index (χ1v) is 16.6. The molecule has 0 saturated carbocycles. The van der Waals surface area contributed by atoms with E-state index in [-0.39, 0.29) is 45.2 Å². The Bertz CT molecular complexity index is 1730. The molecule has 0 aliphatic carbocycles. The van der Waals surface area contributed by atoms with E-state index in [1.165, 1.54) is 53.4 Å². The van der Waals surface area contributed by atoms with Crippen LogP contribution in [-0.2, 0) is 32.6 Å². The van der Waals surface area contributed by atoms with Crippen LogP contribution in [-0.4, -0.2) is 43.8 Å². The quantitative estimate of drug-likeness (QED) is 0.168. The van der Waals surface area contributed by atoms with E-state index in [1.807, 2.05) is 44.2 Å². The highest BCUT2D eigenvalue weighted by Crippen LogP contribution is 2.33. The van der Waals surface area contributed by atoms with Gasteiger partial charge >= 0.3 is 0 Å². The predicted octanol–water partition coefficient (Wildman–Crippen LogP) is 6.88. The Morgan fingerprint density at radius 2 is 1.51 bits per heavy atom. The molecule has 2 amide bonds. The summed E-state index contributed by atoms with van der Waals surface area (Å²) >= 11 is 12.7. The normalized spacial score (nSPS) is 12.6. The predicted molar refractivity (Wildman–Crippen MR) is 176 cm³/mol. The molecule has 7 nitrogen and oxygen atoms in total. The molecule has 0 unspecified atom stereocenters. The fourth-order valence-corrected chi connectivity index (χ4v) is 6.60. The van der Waals surface area contributed by atoms with Crippen LogP contribution in [0.25, 0.3) is 0 Å². The van der Waals surface area contributed by atoms with Gasteiger partial charge in [-0.25, -0.2) is 12.8 Å². The number of nitrogens with one attached hydrogen (secondary N) is 1. The minimum atomic E-state index is -4.36. The van der Waals surface area contributed by atoms with Crippen molar-refractivity contribution >= 4 is 50.7 Å². The second-order valence-corrected chi connectivity index (χ2v) is 13.3. The summed E-state index contributed by atoms with van der Waals surface area (Å²) in [7, 11) is -4.36. The van der Waals surface area contributed by atoms with E-state index >= 15 is 4.39 Å². The maximum absolute atomic E-state index is 15.0. The van der Waals surface area contributed by atoms with Crippen LogP contribution in [0.2, 0.25) is 10.0 Å². The van der Waals surface area contributed by atoms with Gasteiger partial charge in [-0.15, -0.1) is 0 Å². The maximum atomic E-state index is 15.0. The standard InChI is InChI=1S/C34H34Cl2FN3O4S/c1-3-24(2)38-34(42)32(20-25-12-6-4-7-13-25)39(22-26-14-10-11-17-30(26)37)33(41)23-40(31-21-27(35)18-19-29(31)36)45(43,44)28-15-8-5-9-16-28/h4-19,21,24,32H,3,20,22-23H2,1-2H3,(H,38,42)/t24-,32-/m1/s1. The largest absolute Gasteiger partial charge is 0.352 e. The van der Waals surface area contributed by atoms with Gasteiger partial charge in [-0.1, -0.05) is 96.9 Å². The number of hydrogen-bond acceptors (Lipinski definition) is 4. The van der Waals surface area contributed by atoms with E-state index < -0.39 is 40.2 Å². The smallest absolute Gasteiger partial charge is 0.264 e. The van der Waals surface area contributed by atoms with Gasteiger partial charge in [-0.2, -0.15) is 0 Å². The summed E-state index contributed by atoms with van der Waals surface area (Å²) in [6.45, 7) is 2.73. The van der Waals surface area contributed by atoms with E-state index in [0.717, 1.165) is 9.87 Å². The number of sulfonamides is 1. The first-order valence-electron chi connectivity index (χ1n) is 14.4. The van der Waals surface area contributed by atoms with E-state index in [9.17, 15) is 18.0 Å². The number of amides is 2. The third kappa shape index (κ3) is 8.63. The average Bonchev–Trinajstić information content (AvgIpc) is 3.04. The number of nitrogens with zero attached hydrogens (tertiary/aromatic N) is 2. The second-order valence-electron chi connectivity index (χ2n) is 10.6. The molecule has 0 aromatic heterocycles. The number of benzene rings is 4. The van der Waals surface area contributed by atoms with E-state index in [2.05, 4.69) is 5.32 Å². The summed E-state index contributed by atoms with van der Waals surface area (Å²) in [5.41, 5.74) is 0.911. The molecular weight excluding hydrogens is 636 g/mol. The van der Waals surface area contributed by atoms with Crippen molar-refractivity contribution in [1.29, 1.82) is 0 Å². The average molecular weight is 671 g/mol. The molecule has 0 radical (unpaired) electrons. The van der Waals surface area contributed by atoms with Gasteiger partial charge in [0.05, 0.1) is 15.6 Å². The van der Waals surface area contributed by atoms with Crippen LogP contribution < -0.4 is 9.62 Å². The van der Waals surface area contributed by atoms with Gasteiger partial charge < -0.3 is 10.2 Å². The fraction of sp³-hybridized carbons (Fsp3) is 0.235. The van der Waals surface area contributed by atoms with Crippen LogP contribution in [0, 0.1) is 5.82 Å². The van der Waals surface area contributed by atoms with Gasteiger partial charge in [0.1, 0.15) is 18.4 Å². The van der Waals surface area contributed by atoms with Gasteiger partial charge in [-0.05, 0) is 55.3 Å². The number of hydrogen-bond donors (Lipinski definition) is 1. The Hall–Kier alpha value is -3.92. The van der Waals surface area contributed by atoms with Crippen LogP contribution in [0.5, 0.6) is 0 Å². The molecular formula is C34H34Cl2FN3O4S.